The second-order valence-corrected chi connectivity index (χ2v) is 7.54. The molecule has 0 unspecified atom stereocenters. The molecule has 0 saturated carbocycles. The number of nitrogens with zero attached hydrogens (tertiary/aromatic N) is 1. The minimum absolute atomic E-state index is 0.454. The summed E-state index contributed by atoms with van der Waals surface area (Å²) in [4.78, 5) is 5.35. The largest absolute Gasteiger partial charge is 0.394 e. The lowest BCUT2D eigenvalue weighted by molar-refractivity contribution is -0.231. The van der Waals surface area contributed by atoms with Crippen molar-refractivity contribution in [2.75, 3.05) is 6.61 Å². The molecule has 0 aliphatic carbocycles. The molecule has 1 aliphatic rings. The van der Waals surface area contributed by atoms with Crippen LogP contribution in [0.1, 0.15) is 21.6 Å². The number of thiazole rings is 1. The van der Waals surface area contributed by atoms with Gasteiger partial charge >= 0.3 is 0 Å². The van der Waals surface area contributed by atoms with E-state index in [1.165, 1.54) is 11.3 Å². The minimum atomic E-state index is -1.40. The van der Waals surface area contributed by atoms with E-state index < -0.39 is 37.1 Å². The third kappa shape index (κ3) is 3.55. The lowest BCUT2D eigenvalue weighted by Crippen LogP contribution is -2.55. The van der Waals surface area contributed by atoms with Crippen LogP contribution in [-0.4, -0.2) is 56.4 Å². The van der Waals surface area contributed by atoms with E-state index >= 15 is 0 Å². The predicted molar refractivity (Wildman–Crippen MR) is 91.8 cm³/mol. The van der Waals surface area contributed by atoms with Gasteiger partial charge in [0.05, 0.1) is 6.61 Å². The molecule has 0 radical (unpaired) electrons. The molecule has 3 rings (SSSR count). The molecule has 2 aromatic rings. The van der Waals surface area contributed by atoms with Gasteiger partial charge in [-0.25, -0.2) is 4.98 Å². The molecule has 5 atom stereocenters. The van der Waals surface area contributed by atoms with E-state index in [0.29, 0.717) is 16.0 Å². The highest BCUT2D eigenvalue weighted by molar-refractivity contribution is 9.10. The lowest BCUT2D eigenvalue weighted by Gasteiger charge is -2.39. The fourth-order valence-electron chi connectivity index (χ4n) is 2.67. The minimum Gasteiger partial charge on any atom is -0.394 e. The van der Waals surface area contributed by atoms with Gasteiger partial charge in [-0.15, -0.1) is 11.3 Å². The Balaban J connectivity index is 1.83. The van der Waals surface area contributed by atoms with Gasteiger partial charge in [-0.1, -0.05) is 30.3 Å². The van der Waals surface area contributed by atoms with Crippen LogP contribution in [-0.2, 0) is 11.2 Å². The molecular weight excluding hydrogens is 398 g/mol. The second kappa shape index (κ2) is 7.57. The summed E-state index contributed by atoms with van der Waals surface area (Å²) in [6, 6.07) is 9.90. The molecule has 0 bridgehead atoms. The number of aliphatic hydroxyl groups is 4. The van der Waals surface area contributed by atoms with Crippen molar-refractivity contribution >= 4 is 27.3 Å². The van der Waals surface area contributed by atoms with Crippen molar-refractivity contribution < 1.29 is 25.2 Å². The molecule has 8 heteroatoms. The van der Waals surface area contributed by atoms with Crippen LogP contribution >= 0.6 is 27.3 Å². The Morgan fingerprint density at radius 3 is 2.46 bits per heavy atom. The van der Waals surface area contributed by atoms with Crippen LogP contribution in [0.4, 0.5) is 0 Å². The van der Waals surface area contributed by atoms with Crippen LogP contribution < -0.4 is 0 Å². The van der Waals surface area contributed by atoms with Crippen LogP contribution in [0.15, 0.2) is 34.9 Å². The highest BCUT2D eigenvalue weighted by Crippen LogP contribution is 2.37. The molecule has 1 aliphatic heterocycles. The molecule has 24 heavy (non-hydrogen) atoms. The van der Waals surface area contributed by atoms with E-state index in [2.05, 4.69) is 20.9 Å². The van der Waals surface area contributed by atoms with Crippen molar-refractivity contribution in [1.82, 2.24) is 4.98 Å². The molecule has 1 fully saturated rings. The fraction of sp³-hybridized carbons (Fsp3) is 0.438. The summed E-state index contributed by atoms with van der Waals surface area (Å²) in [5.41, 5.74) is 1.13. The van der Waals surface area contributed by atoms with E-state index in [1.54, 1.807) is 0 Å². The molecule has 6 nitrogen and oxygen atoms in total. The number of hydrogen-bond donors (Lipinski definition) is 4. The summed E-state index contributed by atoms with van der Waals surface area (Å²) in [7, 11) is 0. The molecule has 130 valence electrons. The topological polar surface area (TPSA) is 103 Å². The maximum atomic E-state index is 10.2. The van der Waals surface area contributed by atoms with E-state index in [9.17, 15) is 20.4 Å². The standard InChI is InChI=1S/C16H18BrNO5S/c17-15-10(6-8-4-2-1-3-5-8)24-16(18-15)14-13(22)12(21)11(20)9(7-19)23-14/h1-5,9,11-14,19-22H,6-7H2/t9-,11-,12+,13-,14-/m1/s1. The number of rotatable bonds is 4. The van der Waals surface area contributed by atoms with Crippen LogP contribution in [0, 0.1) is 0 Å². The van der Waals surface area contributed by atoms with E-state index in [-0.39, 0.29) is 0 Å². The van der Waals surface area contributed by atoms with Gasteiger partial charge in [0.1, 0.15) is 40.1 Å². The van der Waals surface area contributed by atoms with Crippen molar-refractivity contribution in [2.24, 2.45) is 0 Å². The van der Waals surface area contributed by atoms with Gasteiger partial charge in [0, 0.05) is 11.3 Å². The zero-order valence-electron chi connectivity index (χ0n) is 12.6. The third-order valence-corrected chi connectivity index (χ3v) is 6.04. The summed E-state index contributed by atoms with van der Waals surface area (Å²) < 4.78 is 6.21. The van der Waals surface area contributed by atoms with Crippen LogP contribution in [0.2, 0.25) is 0 Å². The summed E-state index contributed by atoms with van der Waals surface area (Å²) >= 11 is 4.78. The Labute approximate surface area is 151 Å². The first-order chi connectivity index (χ1) is 11.5. The van der Waals surface area contributed by atoms with Crippen LogP contribution in [0.25, 0.3) is 0 Å². The number of ether oxygens (including phenoxy) is 1. The number of aromatic nitrogens is 1. The van der Waals surface area contributed by atoms with Crippen LogP contribution in [0.3, 0.4) is 0 Å². The first-order valence-corrected chi connectivity index (χ1v) is 9.11. The molecule has 0 amide bonds. The highest BCUT2D eigenvalue weighted by Gasteiger charge is 2.45. The number of hydrogen-bond acceptors (Lipinski definition) is 7. The van der Waals surface area contributed by atoms with Crippen molar-refractivity contribution in [2.45, 2.75) is 36.9 Å². The van der Waals surface area contributed by atoms with Crippen molar-refractivity contribution in [3.05, 3.63) is 50.4 Å². The first kappa shape index (κ1) is 17.9. The molecule has 1 aromatic carbocycles. The summed E-state index contributed by atoms with van der Waals surface area (Å²) in [5.74, 6) is 0. The normalized spacial score (nSPS) is 30.5. The zero-order chi connectivity index (χ0) is 17.3. The van der Waals surface area contributed by atoms with Gasteiger partial charge in [0.15, 0.2) is 0 Å². The summed E-state index contributed by atoms with van der Waals surface area (Å²) in [6.45, 7) is -0.454. The van der Waals surface area contributed by atoms with Gasteiger partial charge in [-0.3, -0.25) is 0 Å². The van der Waals surface area contributed by atoms with Crippen molar-refractivity contribution in [3.8, 4) is 0 Å². The maximum absolute atomic E-state index is 10.2. The van der Waals surface area contributed by atoms with Crippen molar-refractivity contribution in [3.63, 3.8) is 0 Å². The third-order valence-electron chi connectivity index (χ3n) is 4.01. The van der Waals surface area contributed by atoms with Gasteiger partial charge < -0.3 is 25.2 Å². The first-order valence-electron chi connectivity index (χ1n) is 7.50. The Kier molecular flexibility index (Phi) is 5.66. The zero-order valence-corrected chi connectivity index (χ0v) is 15.0. The number of benzene rings is 1. The molecular formula is C16H18BrNO5S. The van der Waals surface area contributed by atoms with Crippen LogP contribution in [0.5, 0.6) is 0 Å². The van der Waals surface area contributed by atoms with Gasteiger partial charge in [0.2, 0.25) is 0 Å². The second-order valence-electron chi connectivity index (χ2n) is 5.68. The van der Waals surface area contributed by atoms with Crippen molar-refractivity contribution in [1.29, 1.82) is 0 Å². The Bertz CT molecular complexity index is 680. The van der Waals surface area contributed by atoms with Gasteiger partial charge in [-0.05, 0) is 21.5 Å². The average molecular weight is 416 g/mol. The molecule has 1 aromatic heterocycles. The van der Waals surface area contributed by atoms with Gasteiger partial charge in [0.25, 0.3) is 0 Å². The molecule has 1 saturated heterocycles. The SMILES string of the molecule is OC[C@H]1O[C@@H](c2nc(Br)c(Cc3ccccc3)s2)[C@H](O)[C@@H](O)[C@@H]1O. The van der Waals surface area contributed by atoms with E-state index in [4.69, 9.17) is 4.74 Å². The monoisotopic (exact) mass is 415 g/mol. The molecule has 4 N–H and O–H groups in total. The fourth-order valence-corrected chi connectivity index (χ4v) is 4.43. The Morgan fingerprint density at radius 2 is 1.79 bits per heavy atom. The maximum Gasteiger partial charge on any atom is 0.138 e. The van der Waals surface area contributed by atoms with Gasteiger partial charge in [-0.2, -0.15) is 0 Å². The number of halogens is 1. The van der Waals surface area contributed by atoms with E-state index in [1.807, 2.05) is 30.3 Å². The smallest absolute Gasteiger partial charge is 0.138 e. The number of aliphatic hydroxyl groups excluding tert-OH is 4. The average Bonchev–Trinajstić information content (AvgIpc) is 2.94. The molecule has 2 heterocycles. The summed E-state index contributed by atoms with van der Waals surface area (Å²) in [5, 5.41) is 39.7. The quantitative estimate of drug-likeness (QED) is 0.594. The Morgan fingerprint density at radius 1 is 1.08 bits per heavy atom. The highest BCUT2D eigenvalue weighted by atomic mass is 79.9. The van der Waals surface area contributed by atoms with E-state index in [0.717, 1.165) is 10.4 Å². The predicted octanol–water partition coefficient (Wildman–Crippen LogP) is 1.01. The molecule has 0 spiro atoms. The lowest BCUT2D eigenvalue weighted by atomic mass is 9.95. The Hall–Kier alpha value is -0.870. The summed E-state index contributed by atoms with van der Waals surface area (Å²) in [6.07, 6.45) is -5.24.